The lowest BCUT2D eigenvalue weighted by Crippen LogP contribution is -2.47. The minimum atomic E-state index is -0.526. The van der Waals surface area contributed by atoms with Gasteiger partial charge in [-0.1, -0.05) is 63.2 Å². The molecule has 0 atom stereocenters. The van der Waals surface area contributed by atoms with Crippen molar-refractivity contribution in [3.8, 4) is 0 Å². The number of H-pyrrole nitrogens is 1. The fraction of sp³-hybridized carbons (Fsp3) is 0.393. The van der Waals surface area contributed by atoms with Crippen LogP contribution >= 0.6 is 0 Å². The van der Waals surface area contributed by atoms with Crippen LogP contribution in [0, 0.1) is 5.82 Å². The number of rotatable bonds is 5. The molecule has 1 fully saturated rings. The van der Waals surface area contributed by atoms with Crippen LogP contribution in [0.1, 0.15) is 37.5 Å². The summed E-state index contributed by atoms with van der Waals surface area (Å²) in [5.41, 5.74) is 2.68. The number of fused-ring (bicyclic) bond motifs is 1. The number of aromatic nitrogens is 4. The second-order valence-electron chi connectivity index (χ2n) is 10.8. The first-order valence-corrected chi connectivity index (χ1v) is 12.6. The van der Waals surface area contributed by atoms with Crippen molar-refractivity contribution in [1.82, 2.24) is 24.0 Å². The quantitative estimate of drug-likeness (QED) is 0.452. The van der Waals surface area contributed by atoms with Crippen LogP contribution in [0.2, 0.25) is 0 Å². The van der Waals surface area contributed by atoms with Crippen molar-refractivity contribution in [2.45, 2.75) is 39.3 Å². The van der Waals surface area contributed by atoms with Crippen molar-refractivity contribution in [2.24, 2.45) is 7.05 Å². The minimum Gasteiger partial charge on any atom is -0.340 e. The first-order chi connectivity index (χ1) is 17.6. The van der Waals surface area contributed by atoms with E-state index in [0.717, 1.165) is 19.6 Å². The van der Waals surface area contributed by atoms with E-state index in [0.29, 0.717) is 30.2 Å². The second-order valence-corrected chi connectivity index (χ2v) is 10.8. The number of anilines is 1. The smallest absolute Gasteiger partial charge is 0.329 e. The predicted molar refractivity (Wildman–Crippen MR) is 144 cm³/mol. The molecular weight excluding hydrogens is 471 g/mol. The maximum Gasteiger partial charge on any atom is 0.329 e. The van der Waals surface area contributed by atoms with Crippen LogP contribution in [0.25, 0.3) is 11.2 Å². The lowest BCUT2D eigenvalue weighted by atomic mass is 9.87. The molecule has 3 heterocycles. The highest BCUT2D eigenvalue weighted by atomic mass is 19.1. The number of halogens is 1. The van der Waals surface area contributed by atoms with Crippen molar-refractivity contribution in [3.63, 3.8) is 0 Å². The van der Waals surface area contributed by atoms with Gasteiger partial charge >= 0.3 is 5.69 Å². The molecule has 4 aromatic rings. The molecule has 5 rings (SSSR count). The number of piperazine rings is 1. The zero-order valence-corrected chi connectivity index (χ0v) is 21.8. The molecule has 2 aromatic heterocycles. The third-order valence-electron chi connectivity index (χ3n) is 7.15. The van der Waals surface area contributed by atoms with Crippen molar-refractivity contribution >= 4 is 17.1 Å². The number of nitrogens with zero attached hydrogens (tertiary/aromatic N) is 5. The van der Waals surface area contributed by atoms with E-state index in [2.05, 4.69) is 59.8 Å². The van der Waals surface area contributed by atoms with Crippen LogP contribution in [-0.2, 0) is 25.6 Å². The Balaban J connectivity index is 1.40. The summed E-state index contributed by atoms with van der Waals surface area (Å²) in [5, 5.41) is 0. The number of aryl methyl sites for hydroxylation is 1. The van der Waals surface area contributed by atoms with Crippen molar-refractivity contribution in [3.05, 3.63) is 91.9 Å². The van der Waals surface area contributed by atoms with Crippen LogP contribution in [0.5, 0.6) is 0 Å². The number of hydrogen-bond donors (Lipinski definition) is 1. The Kier molecular flexibility index (Phi) is 6.49. The van der Waals surface area contributed by atoms with E-state index in [1.807, 2.05) is 0 Å². The zero-order valence-electron chi connectivity index (χ0n) is 21.8. The second kappa shape index (κ2) is 9.63. The van der Waals surface area contributed by atoms with E-state index >= 15 is 0 Å². The normalized spacial score (nSPS) is 15.0. The van der Waals surface area contributed by atoms with Gasteiger partial charge in [0.25, 0.3) is 5.56 Å². The summed E-state index contributed by atoms with van der Waals surface area (Å²) in [4.78, 5) is 36.7. The Morgan fingerprint density at radius 2 is 1.62 bits per heavy atom. The molecule has 1 aliphatic heterocycles. The van der Waals surface area contributed by atoms with Crippen LogP contribution < -0.4 is 16.1 Å². The molecule has 37 heavy (non-hydrogen) atoms. The summed E-state index contributed by atoms with van der Waals surface area (Å²) >= 11 is 0. The molecule has 8 nitrogen and oxygen atoms in total. The number of imidazole rings is 1. The molecule has 1 aliphatic rings. The monoisotopic (exact) mass is 504 g/mol. The van der Waals surface area contributed by atoms with Crippen molar-refractivity contribution in [1.29, 1.82) is 0 Å². The highest BCUT2D eigenvalue weighted by Crippen LogP contribution is 2.25. The van der Waals surface area contributed by atoms with Crippen LogP contribution in [-0.4, -0.2) is 50.2 Å². The molecule has 194 valence electrons. The Morgan fingerprint density at radius 1 is 0.946 bits per heavy atom. The van der Waals surface area contributed by atoms with E-state index in [9.17, 15) is 14.0 Å². The van der Waals surface area contributed by atoms with Gasteiger partial charge in [-0.15, -0.1) is 0 Å². The van der Waals surface area contributed by atoms with Crippen LogP contribution in [0.3, 0.4) is 0 Å². The van der Waals surface area contributed by atoms with Gasteiger partial charge in [-0.2, -0.15) is 4.98 Å². The molecule has 0 spiro atoms. The third-order valence-corrected chi connectivity index (χ3v) is 7.15. The van der Waals surface area contributed by atoms with E-state index < -0.39 is 11.2 Å². The standard InChI is InChI=1S/C28H33FN6O2/c1-28(2,3)21-11-9-19(10-12-21)17-33-13-15-34(16-14-33)26-30-24-23(25(36)31-27(37)32(24)4)35(26)18-20-7-5-6-8-22(20)29/h5-12H,13-18H2,1-4H3,(H,31,36,37). The summed E-state index contributed by atoms with van der Waals surface area (Å²) in [6.45, 7) is 10.7. The lowest BCUT2D eigenvalue weighted by molar-refractivity contribution is 0.248. The fourth-order valence-electron chi connectivity index (χ4n) is 4.89. The van der Waals surface area contributed by atoms with Crippen molar-refractivity contribution in [2.75, 3.05) is 31.1 Å². The van der Waals surface area contributed by atoms with Gasteiger partial charge in [-0.25, -0.2) is 9.18 Å². The molecule has 0 aliphatic carbocycles. The fourth-order valence-corrected chi connectivity index (χ4v) is 4.89. The number of hydrogen-bond acceptors (Lipinski definition) is 5. The first kappa shape index (κ1) is 25.0. The molecule has 0 bridgehead atoms. The maximum atomic E-state index is 14.6. The van der Waals surface area contributed by atoms with Crippen LogP contribution in [0.4, 0.5) is 10.3 Å². The Hall–Kier alpha value is -3.72. The SMILES string of the molecule is Cn1c(=O)[nH]c(=O)c2c1nc(N1CCN(Cc3ccc(C(C)(C)C)cc3)CC1)n2Cc1ccccc1F. The zero-order chi connectivity index (χ0) is 26.3. The van der Waals surface area contributed by atoms with E-state index in [4.69, 9.17) is 4.98 Å². The number of nitrogens with one attached hydrogen (secondary N) is 1. The van der Waals surface area contributed by atoms with E-state index in [1.54, 1.807) is 29.8 Å². The topological polar surface area (TPSA) is 79.2 Å². The molecule has 9 heteroatoms. The Morgan fingerprint density at radius 3 is 2.27 bits per heavy atom. The van der Waals surface area contributed by atoms with Gasteiger partial charge < -0.3 is 4.90 Å². The van der Waals surface area contributed by atoms with E-state index in [1.165, 1.54) is 21.8 Å². The number of benzene rings is 2. The molecule has 0 amide bonds. The lowest BCUT2D eigenvalue weighted by Gasteiger charge is -2.35. The minimum absolute atomic E-state index is 0.128. The molecule has 1 N–H and O–H groups in total. The summed E-state index contributed by atoms with van der Waals surface area (Å²) in [5.74, 6) is 0.220. The average Bonchev–Trinajstić information content (AvgIpc) is 3.24. The highest BCUT2D eigenvalue weighted by molar-refractivity contribution is 5.74. The van der Waals surface area contributed by atoms with Gasteiger partial charge in [-0.05, 0) is 22.6 Å². The van der Waals surface area contributed by atoms with Crippen molar-refractivity contribution < 1.29 is 4.39 Å². The largest absolute Gasteiger partial charge is 0.340 e. The molecular formula is C28H33FN6O2. The van der Waals surface area contributed by atoms with Gasteiger partial charge in [0.05, 0.1) is 6.54 Å². The Labute approximate surface area is 215 Å². The maximum absolute atomic E-state index is 14.6. The van der Waals surface area contributed by atoms with Gasteiger partial charge in [0.15, 0.2) is 11.2 Å². The molecule has 0 radical (unpaired) electrons. The Bertz CT molecular complexity index is 1540. The summed E-state index contributed by atoms with van der Waals surface area (Å²) in [6.07, 6.45) is 0. The van der Waals surface area contributed by atoms with Gasteiger partial charge in [0, 0.05) is 45.3 Å². The summed E-state index contributed by atoms with van der Waals surface area (Å²) in [6, 6.07) is 15.3. The molecule has 0 unspecified atom stereocenters. The van der Waals surface area contributed by atoms with Gasteiger partial charge in [0.1, 0.15) is 5.82 Å². The third kappa shape index (κ3) is 4.96. The van der Waals surface area contributed by atoms with Gasteiger partial charge in [-0.3, -0.25) is 23.8 Å². The summed E-state index contributed by atoms with van der Waals surface area (Å²) < 4.78 is 17.6. The molecule has 0 saturated carbocycles. The average molecular weight is 505 g/mol. The molecule has 1 saturated heterocycles. The summed E-state index contributed by atoms with van der Waals surface area (Å²) in [7, 11) is 1.58. The highest BCUT2D eigenvalue weighted by Gasteiger charge is 2.25. The first-order valence-electron chi connectivity index (χ1n) is 12.6. The van der Waals surface area contributed by atoms with Gasteiger partial charge in [0.2, 0.25) is 5.95 Å². The van der Waals surface area contributed by atoms with Crippen LogP contribution in [0.15, 0.2) is 58.1 Å². The number of aromatic amines is 1. The van der Waals surface area contributed by atoms with E-state index in [-0.39, 0.29) is 23.3 Å². The predicted octanol–water partition coefficient (Wildman–Crippen LogP) is 3.23. The molecule has 2 aromatic carbocycles.